The molecule has 1 amide bonds. The largest absolute Gasteiger partial charge is 0.478 e. The Morgan fingerprint density at radius 2 is 1.77 bits per heavy atom. The Bertz CT molecular complexity index is 1630. The molecule has 4 rings (SSSR count). The Kier molecular flexibility index (Phi) is 10.2. The Morgan fingerprint density at radius 3 is 2.40 bits per heavy atom. The standard InChI is InChI=1S/C31H28ClF5N4O2/c1-41(2)26(42)11-5-3-4-8-14-43-25-13-12-19(16-39-25)27(30-29(32)20-9-6-7-10-24(20)40-30)21(15-31(35,36)37)28-22(33)17-38-18-23(28)34/h5-7,9-13,16-18,40H,3-4,8,14-15H2,1-2H3/b11-5+,27-21+. The number of nitrogens with zero attached hydrogens (tertiary/aromatic N) is 3. The van der Waals surface area contributed by atoms with Crippen LogP contribution in [0.3, 0.4) is 0 Å². The van der Waals surface area contributed by atoms with Gasteiger partial charge in [0, 0.05) is 48.4 Å². The number of halogens is 6. The molecule has 0 fully saturated rings. The van der Waals surface area contributed by atoms with Crippen LogP contribution in [0.25, 0.3) is 22.0 Å². The van der Waals surface area contributed by atoms with Gasteiger partial charge in [-0.1, -0.05) is 35.9 Å². The van der Waals surface area contributed by atoms with Crippen molar-refractivity contribution in [3.63, 3.8) is 0 Å². The number of rotatable bonds is 11. The van der Waals surface area contributed by atoms with Crippen LogP contribution in [0.4, 0.5) is 22.0 Å². The number of allylic oxidation sites excluding steroid dienone is 2. The van der Waals surface area contributed by atoms with Gasteiger partial charge in [0.25, 0.3) is 0 Å². The second-order valence-electron chi connectivity index (χ2n) is 9.85. The fraction of sp³-hybridized carbons (Fsp3) is 0.258. The van der Waals surface area contributed by atoms with Gasteiger partial charge in [0.15, 0.2) is 11.6 Å². The van der Waals surface area contributed by atoms with Gasteiger partial charge >= 0.3 is 6.18 Å². The number of hydrogen-bond acceptors (Lipinski definition) is 4. The first-order valence-corrected chi connectivity index (χ1v) is 13.7. The summed E-state index contributed by atoms with van der Waals surface area (Å²) in [6.45, 7) is 0.311. The van der Waals surface area contributed by atoms with Gasteiger partial charge in [-0.2, -0.15) is 13.2 Å². The monoisotopic (exact) mass is 618 g/mol. The van der Waals surface area contributed by atoms with Crippen LogP contribution in [-0.2, 0) is 4.79 Å². The molecule has 3 heterocycles. The van der Waals surface area contributed by atoms with Crippen LogP contribution in [0.1, 0.15) is 42.5 Å². The second kappa shape index (κ2) is 13.8. The molecule has 0 atom stereocenters. The van der Waals surface area contributed by atoms with Gasteiger partial charge in [-0.15, -0.1) is 0 Å². The van der Waals surface area contributed by atoms with Crippen molar-refractivity contribution >= 4 is 39.6 Å². The average molecular weight is 619 g/mol. The maximum Gasteiger partial charge on any atom is 0.393 e. The van der Waals surface area contributed by atoms with Crippen molar-refractivity contribution in [2.75, 3.05) is 20.7 Å². The Hall–Kier alpha value is -4.25. The van der Waals surface area contributed by atoms with Crippen molar-refractivity contribution in [1.82, 2.24) is 19.9 Å². The average Bonchev–Trinajstić information content (AvgIpc) is 3.28. The predicted molar refractivity (Wildman–Crippen MR) is 155 cm³/mol. The fourth-order valence-electron chi connectivity index (χ4n) is 4.44. The number of alkyl halides is 3. The van der Waals surface area contributed by atoms with Crippen molar-refractivity contribution < 1.29 is 31.5 Å². The third-order valence-corrected chi connectivity index (χ3v) is 6.86. The van der Waals surface area contributed by atoms with Crippen LogP contribution in [0.15, 0.2) is 67.1 Å². The highest BCUT2D eigenvalue weighted by Crippen LogP contribution is 2.44. The number of aromatic nitrogens is 3. The Labute approximate surface area is 249 Å². The molecule has 1 N–H and O–H groups in total. The number of aromatic amines is 1. The molecule has 0 aliphatic carbocycles. The third-order valence-electron chi connectivity index (χ3n) is 6.47. The molecular formula is C31H28ClF5N4O2. The minimum Gasteiger partial charge on any atom is -0.478 e. The zero-order chi connectivity index (χ0) is 31.1. The molecule has 1 aromatic carbocycles. The molecule has 4 aromatic rings. The number of pyridine rings is 2. The molecule has 43 heavy (non-hydrogen) atoms. The molecule has 0 aliphatic rings. The third kappa shape index (κ3) is 7.98. The molecule has 0 bridgehead atoms. The van der Waals surface area contributed by atoms with Crippen LogP contribution in [-0.4, -0.2) is 52.6 Å². The van der Waals surface area contributed by atoms with Crippen molar-refractivity contribution in [2.24, 2.45) is 0 Å². The first-order valence-electron chi connectivity index (χ1n) is 13.3. The van der Waals surface area contributed by atoms with Gasteiger partial charge in [0.05, 0.1) is 41.7 Å². The van der Waals surface area contributed by atoms with Crippen LogP contribution >= 0.6 is 11.6 Å². The number of carbonyl (C=O) groups is 1. The van der Waals surface area contributed by atoms with Crippen LogP contribution < -0.4 is 4.74 Å². The van der Waals surface area contributed by atoms with Crippen molar-refractivity contribution in [2.45, 2.75) is 31.9 Å². The van der Waals surface area contributed by atoms with E-state index in [0.717, 1.165) is 6.42 Å². The Morgan fingerprint density at radius 1 is 1.05 bits per heavy atom. The summed E-state index contributed by atoms with van der Waals surface area (Å²) >= 11 is 6.65. The lowest BCUT2D eigenvalue weighted by Gasteiger charge is -2.19. The first-order chi connectivity index (χ1) is 20.5. The summed E-state index contributed by atoms with van der Waals surface area (Å²) in [5.74, 6) is -2.39. The number of fused-ring (bicyclic) bond motifs is 1. The molecule has 12 heteroatoms. The molecule has 226 valence electrons. The van der Waals surface area contributed by atoms with E-state index in [1.165, 1.54) is 29.3 Å². The highest BCUT2D eigenvalue weighted by molar-refractivity contribution is 6.38. The van der Waals surface area contributed by atoms with Crippen LogP contribution in [0, 0.1) is 11.6 Å². The van der Waals surface area contributed by atoms with Gasteiger partial charge in [-0.3, -0.25) is 9.78 Å². The number of hydrogen-bond donors (Lipinski definition) is 1. The number of H-pyrrole nitrogens is 1. The highest BCUT2D eigenvalue weighted by Gasteiger charge is 2.35. The van der Waals surface area contributed by atoms with Crippen molar-refractivity contribution in [3.8, 4) is 5.88 Å². The minimum absolute atomic E-state index is 0.0500. The molecule has 0 unspecified atom stereocenters. The molecule has 3 aromatic heterocycles. The van der Waals surface area contributed by atoms with E-state index in [0.29, 0.717) is 42.7 Å². The smallest absolute Gasteiger partial charge is 0.393 e. The first kappa shape index (κ1) is 31.7. The van der Waals surface area contributed by atoms with E-state index in [2.05, 4.69) is 15.0 Å². The molecule has 0 saturated heterocycles. The van der Waals surface area contributed by atoms with Crippen molar-refractivity contribution in [3.05, 3.63) is 101 Å². The zero-order valence-corrected chi connectivity index (χ0v) is 24.1. The highest BCUT2D eigenvalue weighted by atomic mass is 35.5. The quantitative estimate of drug-likeness (QED) is 0.105. The maximum atomic E-state index is 15.0. The number of nitrogens with one attached hydrogen (secondary N) is 1. The van der Waals surface area contributed by atoms with Gasteiger partial charge in [-0.05, 0) is 43.0 Å². The summed E-state index contributed by atoms with van der Waals surface area (Å²) in [5.41, 5.74) is -0.995. The van der Waals surface area contributed by atoms with E-state index in [-0.39, 0.29) is 33.6 Å². The number of benzene rings is 1. The summed E-state index contributed by atoms with van der Waals surface area (Å²) in [5, 5.41) is 0.606. The van der Waals surface area contributed by atoms with Crippen LogP contribution in [0.2, 0.25) is 5.02 Å². The lowest BCUT2D eigenvalue weighted by molar-refractivity contribution is -0.124. The molecule has 0 aliphatic heterocycles. The summed E-state index contributed by atoms with van der Waals surface area (Å²) in [4.78, 5) is 23.7. The van der Waals surface area contributed by atoms with E-state index in [9.17, 15) is 26.7 Å². The number of para-hydroxylation sites is 1. The van der Waals surface area contributed by atoms with E-state index < -0.39 is 35.4 Å². The molecular weight excluding hydrogens is 591 g/mol. The summed E-state index contributed by atoms with van der Waals surface area (Å²) in [6, 6.07) is 9.71. The van der Waals surface area contributed by atoms with Gasteiger partial charge < -0.3 is 14.6 Å². The van der Waals surface area contributed by atoms with Gasteiger partial charge in [-0.25, -0.2) is 13.8 Å². The minimum atomic E-state index is -4.83. The van der Waals surface area contributed by atoms with Gasteiger partial charge in [0.1, 0.15) is 0 Å². The van der Waals surface area contributed by atoms with E-state index in [4.69, 9.17) is 16.3 Å². The predicted octanol–water partition coefficient (Wildman–Crippen LogP) is 7.99. The summed E-state index contributed by atoms with van der Waals surface area (Å²) < 4.78 is 77.4. The van der Waals surface area contributed by atoms with Gasteiger partial charge in [0.2, 0.25) is 11.8 Å². The maximum absolute atomic E-state index is 15.0. The number of ether oxygens (including phenoxy) is 1. The second-order valence-corrected chi connectivity index (χ2v) is 10.2. The normalized spacial score (nSPS) is 12.6. The number of unbranched alkanes of at least 4 members (excludes halogenated alkanes) is 2. The topological polar surface area (TPSA) is 71.1 Å². The zero-order valence-electron chi connectivity index (χ0n) is 23.3. The molecule has 0 saturated carbocycles. The van der Waals surface area contributed by atoms with E-state index in [1.807, 2.05) is 0 Å². The SMILES string of the molecule is CN(C)C(=O)/C=C/CCCCOc1ccc(/C(=C(/CC(F)(F)F)c2c(F)cncc2F)c2[nH]c3ccccc3c2Cl)cn1. The lowest BCUT2D eigenvalue weighted by Crippen LogP contribution is -2.18. The number of carbonyl (C=O) groups excluding carboxylic acids is 1. The number of amides is 1. The van der Waals surface area contributed by atoms with E-state index >= 15 is 0 Å². The van der Waals surface area contributed by atoms with Crippen molar-refractivity contribution in [1.29, 1.82) is 0 Å². The summed E-state index contributed by atoms with van der Waals surface area (Å²) in [6.07, 6.45) is 1.49. The van der Waals surface area contributed by atoms with Crippen LogP contribution in [0.5, 0.6) is 5.88 Å². The molecule has 0 radical (unpaired) electrons. The lowest BCUT2D eigenvalue weighted by atomic mass is 9.90. The Balaban J connectivity index is 1.69. The summed E-state index contributed by atoms with van der Waals surface area (Å²) in [7, 11) is 3.33. The number of likely N-dealkylation sites (N-methyl/N-ethyl adjacent to an activating group) is 1. The fourth-order valence-corrected chi connectivity index (χ4v) is 4.75. The van der Waals surface area contributed by atoms with E-state index in [1.54, 1.807) is 44.4 Å². The molecule has 0 spiro atoms. The molecule has 6 nitrogen and oxygen atoms in total.